The number of hydrogen-bond donors (Lipinski definition) is 0. The second-order valence-corrected chi connectivity index (χ2v) is 7.10. The molecular formula is C21H18INO. The van der Waals surface area contributed by atoms with Crippen molar-refractivity contribution in [3.63, 3.8) is 0 Å². The SMILES string of the molecule is I/C(C1=CCCCC1)=C1/OC(=Nc2ccccc2)c2ccccc21. The van der Waals surface area contributed by atoms with Gasteiger partial charge in [-0.25, -0.2) is 4.99 Å². The number of ether oxygens (including phenoxy) is 1. The van der Waals surface area contributed by atoms with Gasteiger partial charge in [-0.2, -0.15) is 0 Å². The van der Waals surface area contributed by atoms with Crippen LogP contribution in [0.4, 0.5) is 5.69 Å². The molecule has 2 aromatic carbocycles. The van der Waals surface area contributed by atoms with Crippen molar-refractivity contribution in [3.05, 3.63) is 81.0 Å². The summed E-state index contributed by atoms with van der Waals surface area (Å²) in [7, 11) is 0. The fourth-order valence-electron chi connectivity index (χ4n) is 3.12. The van der Waals surface area contributed by atoms with Gasteiger partial charge in [0, 0.05) is 11.1 Å². The molecule has 2 aliphatic rings. The van der Waals surface area contributed by atoms with Crippen molar-refractivity contribution in [1.82, 2.24) is 0 Å². The Balaban J connectivity index is 1.79. The molecule has 0 amide bonds. The smallest absolute Gasteiger partial charge is 0.227 e. The molecule has 24 heavy (non-hydrogen) atoms. The first-order valence-electron chi connectivity index (χ1n) is 8.33. The lowest BCUT2D eigenvalue weighted by Gasteiger charge is -2.14. The molecule has 120 valence electrons. The van der Waals surface area contributed by atoms with Gasteiger partial charge in [0.05, 0.1) is 9.27 Å². The van der Waals surface area contributed by atoms with Crippen LogP contribution in [-0.2, 0) is 4.74 Å². The monoisotopic (exact) mass is 427 g/mol. The minimum Gasteiger partial charge on any atom is -0.437 e. The Morgan fingerprint density at radius 3 is 2.42 bits per heavy atom. The Kier molecular flexibility index (Phi) is 4.52. The molecule has 0 saturated heterocycles. The topological polar surface area (TPSA) is 21.6 Å². The molecule has 4 rings (SSSR count). The van der Waals surface area contributed by atoms with E-state index < -0.39 is 0 Å². The number of hydrogen-bond acceptors (Lipinski definition) is 2. The Hall–Kier alpha value is -1.88. The minimum atomic E-state index is 0.692. The van der Waals surface area contributed by atoms with Gasteiger partial charge in [0.1, 0.15) is 0 Å². The summed E-state index contributed by atoms with van der Waals surface area (Å²) in [6.07, 6.45) is 7.22. The predicted molar refractivity (Wildman–Crippen MR) is 108 cm³/mol. The zero-order valence-corrected chi connectivity index (χ0v) is 15.5. The molecule has 0 aromatic heterocycles. The summed E-state index contributed by atoms with van der Waals surface area (Å²) in [5.41, 5.74) is 4.54. The Bertz CT molecular complexity index is 849. The molecule has 2 nitrogen and oxygen atoms in total. The molecule has 3 heteroatoms. The molecule has 0 fully saturated rings. The zero-order valence-electron chi connectivity index (χ0n) is 13.3. The first-order valence-corrected chi connectivity index (χ1v) is 9.41. The van der Waals surface area contributed by atoms with E-state index in [9.17, 15) is 0 Å². The van der Waals surface area contributed by atoms with Gasteiger partial charge in [-0.3, -0.25) is 0 Å². The normalized spacial score (nSPS) is 20.4. The number of rotatable bonds is 2. The maximum atomic E-state index is 6.23. The average molecular weight is 427 g/mol. The lowest BCUT2D eigenvalue weighted by molar-refractivity contribution is 0.524. The van der Waals surface area contributed by atoms with Gasteiger partial charge in [-0.05, 0) is 72.0 Å². The number of para-hydroxylation sites is 1. The fourth-order valence-corrected chi connectivity index (χ4v) is 4.01. The first-order chi connectivity index (χ1) is 11.8. The molecular weight excluding hydrogens is 409 g/mol. The van der Waals surface area contributed by atoms with E-state index in [-0.39, 0.29) is 0 Å². The van der Waals surface area contributed by atoms with Crippen LogP contribution in [-0.4, -0.2) is 5.90 Å². The number of benzene rings is 2. The van der Waals surface area contributed by atoms with Crippen molar-refractivity contribution in [1.29, 1.82) is 0 Å². The highest BCUT2D eigenvalue weighted by molar-refractivity contribution is 14.1. The van der Waals surface area contributed by atoms with Crippen LogP contribution in [0.5, 0.6) is 0 Å². The molecule has 0 atom stereocenters. The van der Waals surface area contributed by atoms with Crippen LogP contribution in [0.2, 0.25) is 0 Å². The van der Waals surface area contributed by atoms with Crippen LogP contribution in [0.3, 0.4) is 0 Å². The summed E-state index contributed by atoms with van der Waals surface area (Å²) in [6.45, 7) is 0. The summed E-state index contributed by atoms with van der Waals surface area (Å²) >= 11 is 2.43. The van der Waals surface area contributed by atoms with Gasteiger partial charge in [0.2, 0.25) is 5.90 Å². The maximum Gasteiger partial charge on any atom is 0.227 e. The van der Waals surface area contributed by atoms with Crippen LogP contribution in [0, 0.1) is 0 Å². The fraction of sp³-hybridized carbons (Fsp3) is 0.190. The van der Waals surface area contributed by atoms with Crippen molar-refractivity contribution in [2.75, 3.05) is 0 Å². The minimum absolute atomic E-state index is 0.692. The van der Waals surface area contributed by atoms with E-state index in [0.29, 0.717) is 5.90 Å². The molecule has 0 N–H and O–H groups in total. The second-order valence-electron chi connectivity index (χ2n) is 6.02. The van der Waals surface area contributed by atoms with Gasteiger partial charge >= 0.3 is 0 Å². The van der Waals surface area contributed by atoms with E-state index in [2.05, 4.69) is 46.9 Å². The highest BCUT2D eigenvalue weighted by Gasteiger charge is 2.27. The first kappa shape index (κ1) is 15.6. The molecule has 0 radical (unpaired) electrons. The molecule has 2 aromatic rings. The highest BCUT2D eigenvalue weighted by atomic mass is 127. The third-order valence-electron chi connectivity index (χ3n) is 4.36. The molecule has 0 unspecified atom stereocenters. The second kappa shape index (κ2) is 6.93. The summed E-state index contributed by atoms with van der Waals surface area (Å²) in [4.78, 5) is 4.71. The number of allylic oxidation sites excluding steroid dienone is 3. The van der Waals surface area contributed by atoms with Crippen LogP contribution in [0.25, 0.3) is 5.76 Å². The summed E-state index contributed by atoms with van der Waals surface area (Å²) in [5, 5.41) is 0. The van der Waals surface area contributed by atoms with E-state index in [1.54, 1.807) is 0 Å². The largest absolute Gasteiger partial charge is 0.437 e. The predicted octanol–water partition coefficient (Wildman–Crippen LogP) is 6.40. The van der Waals surface area contributed by atoms with Gasteiger partial charge in [-0.1, -0.05) is 42.5 Å². The summed E-state index contributed by atoms with van der Waals surface area (Å²) in [6, 6.07) is 18.3. The number of aliphatic imine (C=N–C) groups is 1. The third kappa shape index (κ3) is 3.05. The van der Waals surface area contributed by atoms with Crippen molar-refractivity contribution in [2.45, 2.75) is 25.7 Å². The van der Waals surface area contributed by atoms with Crippen molar-refractivity contribution in [3.8, 4) is 0 Å². The van der Waals surface area contributed by atoms with Gasteiger partial charge in [0.15, 0.2) is 5.76 Å². The van der Waals surface area contributed by atoms with E-state index in [1.165, 1.54) is 28.4 Å². The van der Waals surface area contributed by atoms with E-state index in [1.807, 2.05) is 36.4 Å². The highest BCUT2D eigenvalue weighted by Crippen LogP contribution is 2.40. The molecule has 1 aliphatic heterocycles. The van der Waals surface area contributed by atoms with Crippen LogP contribution in [0.1, 0.15) is 36.8 Å². The molecule has 0 bridgehead atoms. The standard InChI is InChI=1S/C21H18INO/c22-19(15-9-3-1-4-10-15)20-17-13-7-8-14-18(17)21(24-20)23-16-11-5-2-6-12-16/h2,5-9,11-14H,1,3-4,10H2/b20-19+,23-21?. The van der Waals surface area contributed by atoms with E-state index in [0.717, 1.165) is 29.0 Å². The number of halogens is 1. The van der Waals surface area contributed by atoms with Gasteiger partial charge < -0.3 is 4.74 Å². The number of nitrogens with zero attached hydrogens (tertiary/aromatic N) is 1. The van der Waals surface area contributed by atoms with Crippen LogP contribution < -0.4 is 0 Å². The van der Waals surface area contributed by atoms with Gasteiger partial charge in [0.25, 0.3) is 0 Å². The molecule has 0 saturated carbocycles. The number of fused-ring (bicyclic) bond motifs is 1. The summed E-state index contributed by atoms with van der Waals surface area (Å²) < 4.78 is 7.45. The Labute approximate surface area is 156 Å². The third-order valence-corrected chi connectivity index (χ3v) is 5.54. The zero-order chi connectivity index (χ0) is 16.4. The van der Waals surface area contributed by atoms with Crippen LogP contribution >= 0.6 is 22.6 Å². The van der Waals surface area contributed by atoms with Crippen molar-refractivity contribution < 1.29 is 4.74 Å². The quantitative estimate of drug-likeness (QED) is 0.509. The molecule has 1 heterocycles. The van der Waals surface area contributed by atoms with E-state index >= 15 is 0 Å². The van der Waals surface area contributed by atoms with Crippen LogP contribution in [0.15, 0.2) is 74.8 Å². The molecule has 0 spiro atoms. The Morgan fingerprint density at radius 2 is 1.67 bits per heavy atom. The van der Waals surface area contributed by atoms with E-state index in [4.69, 9.17) is 9.73 Å². The summed E-state index contributed by atoms with van der Waals surface area (Å²) in [5.74, 6) is 1.64. The Morgan fingerprint density at radius 1 is 0.917 bits per heavy atom. The van der Waals surface area contributed by atoms with Crippen molar-refractivity contribution in [2.24, 2.45) is 4.99 Å². The maximum absolute atomic E-state index is 6.23. The average Bonchev–Trinajstić information content (AvgIpc) is 3.01. The van der Waals surface area contributed by atoms with Gasteiger partial charge in [-0.15, -0.1) is 0 Å². The lowest BCUT2D eigenvalue weighted by Crippen LogP contribution is -1.97. The van der Waals surface area contributed by atoms with Crippen molar-refractivity contribution >= 4 is 39.9 Å². The lowest BCUT2D eigenvalue weighted by atomic mass is 9.98. The molecule has 1 aliphatic carbocycles.